The second-order valence-corrected chi connectivity index (χ2v) is 4.27. The van der Waals surface area contributed by atoms with Crippen molar-refractivity contribution in [3.05, 3.63) is 59.2 Å². The van der Waals surface area contributed by atoms with Crippen LogP contribution in [0.2, 0.25) is 0 Å². The van der Waals surface area contributed by atoms with E-state index in [2.05, 4.69) is 0 Å². The Hall–Kier alpha value is -2.63. The molecule has 0 amide bonds. The number of nitrogens with two attached hydrogens (primary N) is 1. The van der Waals surface area contributed by atoms with Crippen molar-refractivity contribution in [2.45, 2.75) is 6.61 Å². The summed E-state index contributed by atoms with van der Waals surface area (Å²) in [4.78, 5) is 11.9. The summed E-state index contributed by atoms with van der Waals surface area (Å²) in [6.07, 6.45) is 0. The lowest BCUT2D eigenvalue weighted by atomic mass is 10.2. The number of rotatable bonds is 4. The molecule has 0 aliphatic heterocycles. The lowest BCUT2D eigenvalue weighted by molar-refractivity contribution is 0.0468. The minimum Gasteiger partial charge on any atom is -0.495 e. The fourth-order valence-electron chi connectivity index (χ4n) is 1.72. The van der Waals surface area contributed by atoms with E-state index >= 15 is 0 Å². The van der Waals surface area contributed by atoms with E-state index in [1.165, 1.54) is 25.3 Å². The zero-order valence-electron chi connectivity index (χ0n) is 11.2. The summed E-state index contributed by atoms with van der Waals surface area (Å²) >= 11 is 0. The van der Waals surface area contributed by atoms with Gasteiger partial charge in [0.15, 0.2) is 0 Å². The van der Waals surface area contributed by atoms with Crippen LogP contribution in [0.5, 0.6) is 5.75 Å². The molecule has 2 aromatic rings. The highest BCUT2D eigenvalue weighted by Crippen LogP contribution is 2.23. The maximum absolute atomic E-state index is 13.4. The van der Waals surface area contributed by atoms with Crippen molar-refractivity contribution in [2.24, 2.45) is 0 Å². The highest BCUT2D eigenvalue weighted by Gasteiger charge is 2.12. The van der Waals surface area contributed by atoms with E-state index in [0.717, 1.165) is 18.2 Å². The van der Waals surface area contributed by atoms with E-state index in [4.69, 9.17) is 15.2 Å². The van der Waals surface area contributed by atoms with Crippen LogP contribution in [0.4, 0.5) is 14.5 Å². The first-order chi connectivity index (χ1) is 10.0. The first kappa shape index (κ1) is 14.8. The molecule has 6 heteroatoms. The predicted molar refractivity (Wildman–Crippen MR) is 72.9 cm³/mol. The number of methoxy groups -OCH3 is 1. The number of benzene rings is 2. The fraction of sp³-hybridized carbons (Fsp3) is 0.133. The van der Waals surface area contributed by atoms with Crippen molar-refractivity contribution in [2.75, 3.05) is 12.8 Å². The average molecular weight is 293 g/mol. The maximum atomic E-state index is 13.4. The standard InChI is InChI=1S/C15H13F2NO3/c1-20-14-7-9(2-5-13(14)18)15(19)21-8-10-6-11(16)3-4-12(10)17/h2-7H,8,18H2,1H3. The van der Waals surface area contributed by atoms with Gasteiger partial charge in [0.1, 0.15) is 24.0 Å². The summed E-state index contributed by atoms with van der Waals surface area (Å²) in [5.41, 5.74) is 6.18. The average Bonchev–Trinajstić information content (AvgIpc) is 2.48. The number of ether oxygens (including phenoxy) is 2. The van der Waals surface area contributed by atoms with Crippen LogP contribution in [0, 0.1) is 11.6 Å². The van der Waals surface area contributed by atoms with Crippen molar-refractivity contribution in [3.8, 4) is 5.75 Å². The van der Waals surface area contributed by atoms with Crippen molar-refractivity contribution >= 4 is 11.7 Å². The minimum absolute atomic E-state index is 0.0363. The van der Waals surface area contributed by atoms with E-state index in [9.17, 15) is 13.6 Å². The Kier molecular flexibility index (Phi) is 4.37. The van der Waals surface area contributed by atoms with E-state index in [1.54, 1.807) is 0 Å². The smallest absolute Gasteiger partial charge is 0.338 e. The molecule has 2 rings (SSSR count). The molecule has 21 heavy (non-hydrogen) atoms. The van der Waals surface area contributed by atoms with E-state index < -0.39 is 17.6 Å². The largest absolute Gasteiger partial charge is 0.495 e. The molecule has 2 N–H and O–H groups in total. The van der Waals surface area contributed by atoms with Gasteiger partial charge >= 0.3 is 5.97 Å². The number of anilines is 1. The molecule has 0 aliphatic rings. The number of carbonyl (C=O) groups excluding carboxylic acids is 1. The summed E-state index contributed by atoms with van der Waals surface area (Å²) < 4.78 is 36.3. The van der Waals surface area contributed by atoms with E-state index in [0.29, 0.717) is 11.4 Å². The van der Waals surface area contributed by atoms with Gasteiger partial charge in [0, 0.05) is 5.56 Å². The van der Waals surface area contributed by atoms with Gasteiger partial charge in [0.25, 0.3) is 0 Å². The molecule has 0 radical (unpaired) electrons. The molecule has 0 spiro atoms. The third-order valence-corrected chi connectivity index (χ3v) is 2.84. The second-order valence-electron chi connectivity index (χ2n) is 4.27. The molecule has 0 aromatic heterocycles. The van der Waals surface area contributed by atoms with E-state index in [1.807, 2.05) is 0 Å². The van der Waals surface area contributed by atoms with Gasteiger partial charge in [0.2, 0.25) is 0 Å². The molecule has 2 aromatic carbocycles. The first-order valence-electron chi connectivity index (χ1n) is 6.06. The molecule has 0 saturated heterocycles. The number of hydrogen-bond acceptors (Lipinski definition) is 4. The molecule has 0 atom stereocenters. The highest BCUT2D eigenvalue weighted by atomic mass is 19.1. The second kappa shape index (κ2) is 6.21. The number of carbonyl (C=O) groups is 1. The highest BCUT2D eigenvalue weighted by molar-refractivity contribution is 5.90. The van der Waals surface area contributed by atoms with Gasteiger partial charge in [-0.05, 0) is 36.4 Å². The molecular formula is C15H13F2NO3. The van der Waals surface area contributed by atoms with Crippen LogP contribution in [-0.2, 0) is 11.3 Å². The van der Waals surface area contributed by atoms with Gasteiger partial charge in [-0.25, -0.2) is 13.6 Å². The molecule has 0 saturated carbocycles. The Balaban J connectivity index is 2.10. The third-order valence-electron chi connectivity index (χ3n) is 2.84. The van der Waals surface area contributed by atoms with Crippen LogP contribution >= 0.6 is 0 Å². The van der Waals surface area contributed by atoms with E-state index in [-0.39, 0.29) is 17.7 Å². The predicted octanol–water partition coefficient (Wildman–Crippen LogP) is 2.91. The Morgan fingerprint density at radius 2 is 1.95 bits per heavy atom. The van der Waals surface area contributed by atoms with Gasteiger partial charge in [-0.15, -0.1) is 0 Å². The quantitative estimate of drug-likeness (QED) is 0.695. The summed E-state index contributed by atoms with van der Waals surface area (Å²) in [6, 6.07) is 7.32. The molecular weight excluding hydrogens is 280 g/mol. The van der Waals surface area contributed by atoms with Crippen LogP contribution in [0.1, 0.15) is 15.9 Å². The van der Waals surface area contributed by atoms with Crippen molar-refractivity contribution in [1.29, 1.82) is 0 Å². The van der Waals surface area contributed by atoms with Gasteiger partial charge in [-0.3, -0.25) is 0 Å². The molecule has 0 fully saturated rings. The SMILES string of the molecule is COc1cc(C(=O)OCc2cc(F)ccc2F)ccc1N. The first-order valence-corrected chi connectivity index (χ1v) is 6.06. The van der Waals surface area contributed by atoms with Crippen LogP contribution < -0.4 is 10.5 Å². The van der Waals surface area contributed by atoms with Crippen LogP contribution in [0.15, 0.2) is 36.4 Å². The Labute approximate surface area is 120 Å². The topological polar surface area (TPSA) is 61.5 Å². The van der Waals surface area contributed by atoms with Crippen molar-refractivity contribution in [3.63, 3.8) is 0 Å². The lowest BCUT2D eigenvalue weighted by Gasteiger charge is -2.08. The summed E-state index contributed by atoms with van der Waals surface area (Å²) in [5.74, 6) is -1.59. The van der Waals surface area contributed by atoms with Gasteiger partial charge in [0.05, 0.1) is 18.4 Å². The van der Waals surface area contributed by atoms with Crippen molar-refractivity contribution in [1.82, 2.24) is 0 Å². The van der Waals surface area contributed by atoms with Gasteiger partial charge < -0.3 is 15.2 Å². The van der Waals surface area contributed by atoms with Crippen LogP contribution in [-0.4, -0.2) is 13.1 Å². The number of hydrogen-bond donors (Lipinski definition) is 1. The summed E-state index contributed by atoms with van der Waals surface area (Å²) in [5, 5.41) is 0. The lowest BCUT2D eigenvalue weighted by Crippen LogP contribution is -2.07. The minimum atomic E-state index is -0.683. The molecule has 0 bridgehead atoms. The number of halogens is 2. The van der Waals surface area contributed by atoms with Crippen LogP contribution in [0.3, 0.4) is 0 Å². The van der Waals surface area contributed by atoms with Crippen molar-refractivity contribution < 1.29 is 23.0 Å². The van der Waals surface area contributed by atoms with Gasteiger partial charge in [-0.1, -0.05) is 0 Å². The molecule has 4 nitrogen and oxygen atoms in total. The van der Waals surface area contributed by atoms with Gasteiger partial charge in [-0.2, -0.15) is 0 Å². The Bertz CT molecular complexity index is 674. The third kappa shape index (κ3) is 3.47. The Morgan fingerprint density at radius 1 is 1.19 bits per heavy atom. The maximum Gasteiger partial charge on any atom is 0.338 e. The summed E-state index contributed by atoms with van der Waals surface area (Å²) in [6.45, 7) is -0.366. The fourth-order valence-corrected chi connectivity index (χ4v) is 1.72. The Morgan fingerprint density at radius 3 is 2.67 bits per heavy atom. The zero-order chi connectivity index (χ0) is 15.4. The monoisotopic (exact) mass is 293 g/mol. The molecule has 0 heterocycles. The molecule has 0 unspecified atom stereocenters. The number of nitrogen functional groups attached to an aromatic ring is 1. The number of esters is 1. The normalized spacial score (nSPS) is 10.2. The molecule has 0 aliphatic carbocycles. The summed E-state index contributed by atoms with van der Waals surface area (Å²) in [7, 11) is 1.42. The molecule has 110 valence electrons. The van der Waals surface area contributed by atoms with Crippen LogP contribution in [0.25, 0.3) is 0 Å². The zero-order valence-corrected chi connectivity index (χ0v) is 11.2.